The summed E-state index contributed by atoms with van der Waals surface area (Å²) < 4.78 is 4.86. The average molecular weight is 514 g/mol. The molecule has 0 atom stereocenters. The number of aryl methyl sites for hydroxylation is 1. The molecular weight excluding hydrogens is 487 g/mol. The van der Waals surface area contributed by atoms with Gasteiger partial charge in [-0.1, -0.05) is 30.3 Å². The van der Waals surface area contributed by atoms with E-state index in [4.69, 9.17) is 9.72 Å². The van der Waals surface area contributed by atoms with Crippen LogP contribution in [0.1, 0.15) is 23.4 Å². The number of rotatable bonds is 4. The van der Waals surface area contributed by atoms with Crippen molar-refractivity contribution in [1.82, 2.24) is 15.2 Å². The molecule has 0 amide bonds. The maximum atomic E-state index is 11.7. The Morgan fingerprint density at radius 1 is 1.32 bits per heavy atom. The second-order valence-corrected chi connectivity index (χ2v) is 7.66. The Labute approximate surface area is 187 Å². The van der Waals surface area contributed by atoms with Gasteiger partial charge in [-0.15, -0.1) is 35.3 Å². The Balaban J connectivity index is 0.00000280. The van der Waals surface area contributed by atoms with Crippen molar-refractivity contribution in [1.29, 1.82) is 0 Å². The molecule has 1 fully saturated rings. The Kier molecular flexibility index (Phi) is 8.68. The predicted molar refractivity (Wildman–Crippen MR) is 124 cm³/mol. The van der Waals surface area contributed by atoms with Gasteiger partial charge >= 0.3 is 5.97 Å². The number of nitrogens with zero attached hydrogens (tertiary/aromatic N) is 3. The molecule has 0 bridgehead atoms. The molecule has 6 nitrogen and oxygen atoms in total. The number of likely N-dealkylation sites (tertiary alicyclic amines) is 1. The van der Waals surface area contributed by atoms with E-state index in [-0.39, 0.29) is 35.9 Å². The molecule has 0 aliphatic carbocycles. The number of nitrogens with one attached hydrogen (secondary N) is 1. The lowest BCUT2D eigenvalue weighted by molar-refractivity contribution is -0.146. The number of benzene rings is 1. The second kappa shape index (κ2) is 10.8. The molecule has 1 N–H and O–H groups in total. The minimum Gasteiger partial charge on any atom is -0.469 e. The van der Waals surface area contributed by atoms with Crippen LogP contribution in [0.25, 0.3) is 10.6 Å². The van der Waals surface area contributed by atoms with Crippen molar-refractivity contribution in [2.75, 3.05) is 27.2 Å². The van der Waals surface area contributed by atoms with E-state index >= 15 is 0 Å². The smallest absolute Gasteiger partial charge is 0.308 e. The number of halogens is 1. The zero-order chi connectivity index (χ0) is 19.2. The first-order valence-electron chi connectivity index (χ1n) is 9.17. The maximum Gasteiger partial charge on any atom is 0.308 e. The highest BCUT2D eigenvalue weighted by Gasteiger charge is 2.27. The Bertz CT molecular complexity index is 802. The van der Waals surface area contributed by atoms with Gasteiger partial charge < -0.3 is 15.0 Å². The number of ether oxygens (including phenoxy) is 1. The zero-order valence-corrected chi connectivity index (χ0v) is 19.6. The summed E-state index contributed by atoms with van der Waals surface area (Å²) in [5.74, 6) is 0.764. The topological polar surface area (TPSA) is 66.8 Å². The molecule has 3 rings (SSSR count). The summed E-state index contributed by atoms with van der Waals surface area (Å²) in [7, 11) is 3.25. The van der Waals surface area contributed by atoms with Crippen LogP contribution in [0.2, 0.25) is 0 Å². The Morgan fingerprint density at radius 2 is 2.00 bits per heavy atom. The Hall–Kier alpha value is -1.68. The summed E-state index contributed by atoms with van der Waals surface area (Å²) in [6, 6.07) is 10.2. The summed E-state index contributed by atoms with van der Waals surface area (Å²) in [6.07, 6.45) is 1.59. The molecule has 0 radical (unpaired) electrons. The standard InChI is InChI=1S/C20H26N4O2S.HI/c1-14-17(27-18(23-14)15-7-5-4-6-8-15)13-22-20(21-2)24-11-9-16(10-12-24)19(25)26-3;/h4-8,16H,9-13H2,1-3H3,(H,21,22);1H. The number of hydrogen-bond donors (Lipinski definition) is 1. The first-order chi connectivity index (χ1) is 13.1. The highest BCUT2D eigenvalue weighted by Crippen LogP contribution is 2.27. The molecule has 0 unspecified atom stereocenters. The van der Waals surface area contributed by atoms with Gasteiger partial charge in [0.25, 0.3) is 0 Å². The fraction of sp³-hybridized carbons (Fsp3) is 0.450. The highest BCUT2D eigenvalue weighted by atomic mass is 127. The van der Waals surface area contributed by atoms with E-state index < -0.39 is 0 Å². The lowest BCUT2D eigenvalue weighted by Crippen LogP contribution is -2.46. The summed E-state index contributed by atoms with van der Waals surface area (Å²) in [5, 5.41) is 4.49. The van der Waals surface area contributed by atoms with Gasteiger partial charge in [0.2, 0.25) is 0 Å². The molecule has 8 heteroatoms. The number of carbonyl (C=O) groups is 1. The van der Waals surface area contributed by atoms with Crippen molar-refractivity contribution in [3.8, 4) is 10.6 Å². The van der Waals surface area contributed by atoms with E-state index in [1.165, 1.54) is 12.0 Å². The van der Waals surface area contributed by atoms with E-state index in [2.05, 4.69) is 27.3 Å². The molecule has 0 spiro atoms. The van der Waals surface area contributed by atoms with Crippen molar-refractivity contribution in [2.24, 2.45) is 10.9 Å². The summed E-state index contributed by atoms with van der Waals surface area (Å²) >= 11 is 1.71. The number of hydrogen-bond acceptors (Lipinski definition) is 5. The molecule has 1 aliphatic rings. The number of carbonyl (C=O) groups excluding carboxylic acids is 1. The van der Waals surface area contributed by atoms with E-state index in [9.17, 15) is 4.79 Å². The van der Waals surface area contributed by atoms with Gasteiger partial charge in [0.1, 0.15) is 5.01 Å². The zero-order valence-electron chi connectivity index (χ0n) is 16.5. The molecule has 152 valence electrons. The number of guanidine groups is 1. The SMILES string of the molecule is CN=C(NCc1sc(-c2ccccc2)nc1C)N1CCC(C(=O)OC)CC1.I. The van der Waals surface area contributed by atoms with Gasteiger partial charge in [-0.05, 0) is 19.8 Å². The molecule has 28 heavy (non-hydrogen) atoms. The van der Waals surface area contributed by atoms with Gasteiger partial charge in [-0.3, -0.25) is 9.79 Å². The third-order valence-electron chi connectivity index (χ3n) is 4.86. The molecule has 2 heterocycles. The first kappa shape index (κ1) is 22.6. The quantitative estimate of drug-likeness (QED) is 0.292. The maximum absolute atomic E-state index is 11.7. The molecule has 1 aliphatic heterocycles. The first-order valence-corrected chi connectivity index (χ1v) is 9.99. The summed E-state index contributed by atoms with van der Waals surface area (Å²) in [5.41, 5.74) is 2.19. The number of aromatic nitrogens is 1. The van der Waals surface area contributed by atoms with E-state index in [0.717, 1.165) is 48.2 Å². The number of thiazole rings is 1. The molecule has 1 aromatic carbocycles. The van der Waals surface area contributed by atoms with E-state index in [0.29, 0.717) is 6.54 Å². The van der Waals surface area contributed by atoms with Gasteiger partial charge in [0, 0.05) is 30.6 Å². The molecule has 1 saturated heterocycles. The monoisotopic (exact) mass is 514 g/mol. The van der Waals surface area contributed by atoms with E-state index in [1.54, 1.807) is 18.4 Å². The van der Waals surface area contributed by atoms with Crippen LogP contribution < -0.4 is 5.32 Å². The van der Waals surface area contributed by atoms with Crippen LogP contribution in [-0.2, 0) is 16.1 Å². The van der Waals surface area contributed by atoms with Crippen LogP contribution in [0, 0.1) is 12.8 Å². The van der Waals surface area contributed by atoms with Crippen molar-refractivity contribution < 1.29 is 9.53 Å². The molecule has 2 aromatic rings. The fourth-order valence-electron chi connectivity index (χ4n) is 3.28. The van der Waals surface area contributed by atoms with Gasteiger partial charge in [-0.2, -0.15) is 0 Å². The largest absolute Gasteiger partial charge is 0.469 e. The van der Waals surface area contributed by atoms with Gasteiger partial charge in [0.15, 0.2) is 5.96 Å². The number of methoxy groups -OCH3 is 1. The predicted octanol–water partition coefficient (Wildman–Crippen LogP) is 3.70. The minimum absolute atomic E-state index is 0. The Morgan fingerprint density at radius 3 is 2.61 bits per heavy atom. The molecule has 0 saturated carbocycles. The van der Waals surface area contributed by atoms with Crippen LogP contribution in [0.3, 0.4) is 0 Å². The average Bonchev–Trinajstić information content (AvgIpc) is 3.09. The van der Waals surface area contributed by atoms with Crippen LogP contribution in [0.15, 0.2) is 35.3 Å². The molecule has 1 aromatic heterocycles. The summed E-state index contributed by atoms with van der Waals surface area (Å²) in [4.78, 5) is 24.2. The van der Waals surface area contributed by atoms with Crippen LogP contribution in [-0.4, -0.2) is 49.1 Å². The van der Waals surface area contributed by atoms with Crippen molar-refractivity contribution in [3.63, 3.8) is 0 Å². The van der Waals surface area contributed by atoms with Gasteiger partial charge in [0.05, 0.1) is 25.3 Å². The third-order valence-corrected chi connectivity index (χ3v) is 6.07. The minimum atomic E-state index is -0.105. The molecular formula is C20H27IN4O2S. The van der Waals surface area contributed by atoms with Crippen LogP contribution >= 0.6 is 35.3 Å². The summed E-state index contributed by atoms with van der Waals surface area (Å²) in [6.45, 7) is 4.34. The second-order valence-electron chi connectivity index (χ2n) is 6.58. The normalized spacial score (nSPS) is 15.1. The third kappa shape index (κ3) is 5.44. The number of esters is 1. The fourth-order valence-corrected chi connectivity index (χ4v) is 4.29. The van der Waals surface area contributed by atoms with Crippen LogP contribution in [0.5, 0.6) is 0 Å². The van der Waals surface area contributed by atoms with Crippen molar-refractivity contribution >= 4 is 47.2 Å². The number of aliphatic imine (C=N–C) groups is 1. The lowest BCUT2D eigenvalue weighted by atomic mass is 9.97. The highest BCUT2D eigenvalue weighted by molar-refractivity contribution is 14.0. The lowest BCUT2D eigenvalue weighted by Gasteiger charge is -2.33. The van der Waals surface area contributed by atoms with Crippen molar-refractivity contribution in [3.05, 3.63) is 40.9 Å². The van der Waals surface area contributed by atoms with Crippen LogP contribution in [0.4, 0.5) is 0 Å². The van der Waals surface area contributed by atoms with Gasteiger partial charge in [-0.25, -0.2) is 4.98 Å². The number of piperidine rings is 1. The van der Waals surface area contributed by atoms with E-state index in [1.807, 2.05) is 25.1 Å². The van der Waals surface area contributed by atoms with Crippen molar-refractivity contribution in [2.45, 2.75) is 26.3 Å².